The molecule has 1 saturated carbocycles. The number of hydrogen-bond donors (Lipinski definition) is 2. The molecule has 1 unspecified atom stereocenters. The third-order valence-electron chi connectivity index (χ3n) is 4.71. The van der Waals surface area contributed by atoms with Crippen molar-refractivity contribution in [3.63, 3.8) is 0 Å². The maximum atomic E-state index is 13.9. The molecule has 3 nitrogen and oxygen atoms in total. The maximum absolute atomic E-state index is 13.9. The van der Waals surface area contributed by atoms with Crippen LogP contribution in [0, 0.1) is 0 Å². The van der Waals surface area contributed by atoms with Crippen LogP contribution < -0.4 is 10.6 Å². The van der Waals surface area contributed by atoms with E-state index in [4.69, 9.17) is 0 Å². The molecule has 0 aliphatic heterocycles. The molecule has 2 aromatic carbocycles. The standard InChI is InChI=1S/C21H23O3P/c1-16-17(14-18(22)15-21(16)23)12-13-25(24,19-8-4-2-5-9-19)20-10-6-3-7-11-20/h2-12,18,21-23H,1,13-15H2/b17-12-/t18?,21-/m0/s1. The van der Waals surface area contributed by atoms with Gasteiger partial charge in [0.1, 0.15) is 7.14 Å². The minimum Gasteiger partial charge on any atom is -0.393 e. The van der Waals surface area contributed by atoms with E-state index in [0.717, 1.165) is 16.2 Å². The fourth-order valence-corrected chi connectivity index (χ4v) is 5.74. The molecule has 2 N–H and O–H groups in total. The first-order chi connectivity index (χ1) is 12.0. The number of aliphatic hydroxyl groups is 2. The Morgan fingerprint density at radius 3 is 2.04 bits per heavy atom. The largest absolute Gasteiger partial charge is 0.393 e. The summed E-state index contributed by atoms with van der Waals surface area (Å²) in [6.45, 7) is 3.94. The summed E-state index contributed by atoms with van der Waals surface area (Å²) in [7, 11) is -2.84. The van der Waals surface area contributed by atoms with Crippen molar-refractivity contribution in [1.29, 1.82) is 0 Å². The van der Waals surface area contributed by atoms with E-state index < -0.39 is 19.3 Å². The summed E-state index contributed by atoms with van der Waals surface area (Å²) in [5.74, 6) is 0. The van der Waals surface area contributed by atoms with Crippen molar-refractivity contribution in [2.45, 2.75) is 25.0 Å². The molecular formula is C21H23O3P. The highest BCUT2D eigenvalue weighted by Crippen LogP contribution is 2.44. The summed E-state index contributed by atoms with van der Waals surface area (Å²) in [4.78, 5) is 0. The average molecular weight is 354 g/mol. The first-order valence-electron chi connectivity index (χ1n) is 8.45. The molecule has 1 fully saturated rings. The molecule has 0 aromatic heterocycles. The molecule has 2 aromatic rings. The summed E-state index contributed by atoms with van der Waals surface area (Å²) >= 11 is 0. The van der Waals surface area contributed by atoms with Gasteiger partial charge in [0, 0.05) is 23.2 Å². The van der Waals surface area contributed by atoms with Crippen molar-refractivity contribution in [3.05, 3.63) is 84.5 Å². The predicted molar refractivity (Wildman–Crippen MR) is 103 cm³/mol. The van der Waals surface area contributed by atoms with Gasteiger partial charge in [0.15, 0.2) is 0 Å². The van der Waals surface area contributed by atoms with Crippen LogP contribution in [0.15, 0.2) is 84.5 Å². The summed E-state index contributed by atoms with van der Waals surface area (Å²) in [5.41, 5.74) is 1.43. The minimum atomic E-state index is -2.84. The Morgan fingerprint density at radius 2 is 1.52 bits per heavy atom. The first kappa shape index (κ1) is 17.9. The van der Waals surface area contributed by atoms with E-state index in [1.165, 1.54) is 0 Å². The topological polar surface area (TPSA) is 57.5 Å². The van der Waals surface area contributed by atoms with Crippen LogP contribution in [0.2, 0.25) is 0 Å². The lowest BCUT2D eigenvalue weighted by molar-refractivity contribution is 0.0862. The van der Waals surface area contributed by atoms with Gasteiger partial charge in [0.2, 0.25) is 0 Å². The fraction of sp³-hybridized carbons (Fsp3) is 0.238. The number of aliphatic hydroxyl groups excluding tert-OH is 2. The van der Waals surface area contributed by atoms with Crippen LogP contribution in [-0.4, -0.2) is 28.6 Å². The highest BCUT2D eigenvalue weighted by Gasteiger charge is 2.29. The van der Waals surface area contributed by atoms with Gasteiger partial charge in [0.25, 0.3) is 0 Å². The molecule has 3 rings (SSSR count). The number of rotatable bonds is 4. The lowest BCUT2D eigenvalue weighted by Gasteiger charge is -2.27. The van der Waals surface area contributed by atoms with Crippen LogP contribution in [0.4, 0.5) is 0 Å². The van der Waals surface area contributed by atoms with Gasteiger partial charge in [-0.25, -0.2) is 0 Å². The zero-order chi connectivity index (χ0) is 17.9. The van der Waals surface area contributed by atoms with Crippen LogP contribution in [0.5, 0.6) is 0 Å². The maximum Gasteiger partial charge on any atom is 0.146 e. The van der Waals surface area contributed by atoms with Gasteiger partial charge in [-0.05, 0) is 17.6 Å². The molecule has 1 aliphatic rings. The molecule has 0 saturated heterocycles. The van der Waals surface area contributed by atoms with Crippen molar-refractivity contribution in [2.24, 2.45) is 0 Å². The molecule has 4 heteroatoms. The van der Waals surface area contributed by atoms with Crippen molar-refractivity contribution in [2.75, 3.05) is 6.16 Å². The van der Waals surface area contributed by atoms with E-state index in [9.17, 15) is 14.8 Å². The molecule has 0 spiro atoms. The van der Waals surface area contributed by atoms with E-state index in [1.807, 2.05) is 66.7 Å². The Morgan fingerprint density at radius 1 is 1.00 bits per heavy atom. The molecule has 25 heavy (non-hydrogen) atoms. The van der Waals surface area contributed by atoms with Crippen LogP contribution >= 0.6 is 7.14 Å². The Kier molecular flexibility index (Phi) is 5.39. The van der Waals surface area contributed by atoms with Gasteiger partial charge in [-0.3, -0.25) is 0 Å². The Balaban J connectivity index is 1.98. The lowest BCUT2D eigenvalue weighted by Crippen LogP contribution is -2.27. The zero-order valence-electron chi connectivity index (χ0n) is 14.1. The zero-order valence-corrected chi connectivity index (χ0v) is 15.0. The summed E-state index contributed by atoms with van der Waals surface area (Å²) in [5, 5.41) is 21.5. The second-order valence-electron chi connectivity index (χ2n) is 6.46. The Hall–Kier alpha value is -1.93. The number of allylic oxidation sites excluding steroid dienone is 1. The monoisotopic (exact) mass is 354 g/mol. The van der Waals surface area contributed by atoms with Gasteiger partial charge < -0.3 is 14.8 Å². The van der Waals surface area contributed by atoms with Gasteiger partial charge >= 0.3 is 0 Å². The van der Waals surface area contributed by atoms with E-state index in [-0.39, 0.29) is 0 Å². The SMILES string of the molecule is C=C1/C(=C\CP(=O)(c2ccccc2)c2ccccc2)CC(O)C[C@@H]1O. The summed E-state index contributed by atoms with van der Waals surface area (Å²) < 4.78 is 13.9. The second kappa shape index (κ2) is 7.53. The van der Waals surface area contributed by atoms with Crippen molar-refractivity contribution < 1.29 is 14.8 Å². The van der Waals surface area contributed by atoms with Gasteiger partial charge in [-0.2, -0.15) is 0 Å². The number of benzene rings is 2. The molecule has 0 bridgehead atoms. The third-order valence-corrected chi connectivity index (χ3v) is 7.67. The molecule has 0 amide bonds. The highest BCUT2D eigenvalue weighted by atomic mass is 31.2. The van der Waals surface area contributed by atoms with Crippen LogP contribution in [-0.2, 0) is 4.57 Å². The highest BCUT2D eigenvalue weighted by molar-refractivity contribution is 7.78. The quantitative estimate of drug-likeness (QED) is 0.830. The van der Waals surface area contributed by atoms with Crippen LogP contribution in [0.3, 0.4) is 0 Å². The van der Waals surface area contributed by atoms with Gasteiger partial charge in [-0.1, -0.05) is 73.3 Å². The van der Waals surface area contributed by atoms with Crippen molar-refractivity contribution in [3.8, 4) is 0 Å². The molecule has 1 aliphatic carbocycles. The first-order valence-corrected chi connectivity index (χ1v) is 10.3. The second-order valence-corrected chi connectivity index (χ2v) is 9.33. The normalized spacial score (nSPS) is 23.0. The van der Waals surface area contributed by atoms with E-state index in [1.54, 1.807) is 0 Å². The van der Waals surface area contributed by atoms with E-state index >= 15 is 0 Å². The Labute approximate surface area is 148 Å². The summed E-state index contributed by atoms with van der Waals surface area (Å²) in [6.07, 6.45) is 1.66. The smallest absolute Gasteiger partial charge is 0.146 e. The van der Waals surface area contributed by atoms with E-state index in [0.29, 0.717) is 24.6 Å². The molecule has 0 heterocycles. The molecule has 0 radical (unpaired) electrons. The Bertz CT molecular complexity index is 768. The summed E-state index contributed by atoms with van der Waals surface area (Å²) in [6, 6.07) is 19.0. The third kappa shape index (κ3) is 3.85. The van der Waals surface area contributed by atoms with Crippen molar-refractivity contribution in [1.82, 2.24) is 0 Å². The molecule has 2 atom stereocenters. The fourth-order valence-electron chi connectivity index (χ4n) is 3.23. The van der Waals surface area contributed by atoms with Crippen molar-refractivity contribution >= 4 is 17.8 Å². The van der Waals surface area contributed by atoms with Crippen LogP contribution in [0.1, 0.15) is 12.8 Å². The number of hydrogen-bond acceptors (Lipinski definition) is 3. The van der Waals surface area contributed by atoms with Gasteiger partial charge in [-0.15, -0.1) is 0 Å². The molecular weight excluding hydrogens is 331 g/mol. The van der Waals surface area contributed by atoms with E-state index in [2.05, 4.69) is 6.58 Å². The average Bonchev–Trinajstić information content (AvgIpc) is 2.64. The lowest BCUT2D eigenvalue weighted by atomic mass is 9.86. The predicted octanol–water partition coefficient (Wildman–Crippen LogP) is 3.00. The molecule has 130 valence electrons. The van der Waals surface area contributed by atoms with Gasteiger partial charge in [0.05, 0.1) is 12.2 Å². The minimum absolute atomic E-state index is 0.311. The van der Waals surface area contributed by atoms with Crippen LogP contribution in [0.25, 0.3) is 0 Å².